The molecule has 3 aromatic rings. The highest BCUT2D eigenvalue weighted by molar-refractivity contribution is 7.17. The molecule has 162 valence electrons. The van der Waals surface area contributed by atoms with E-state index in [1.807, 2.05) is 12.1 Å². The smallest absolute Gasteiger partial charge is 0.230 e. The maximum absolute atomic E-state index is 10.9. The van der Waals surface area contributed by atoms with E-state index >= 15 is 0 Å². The minimum atomic E-state index is -0.189. The number of likely N-dealkylation sites (N-methyl/N-ethyl adjacent to an activating group) is 1. The Labute approximate surface area is 179 Å². The second kappa shape index (κ2) is 8.66. The lowest BCUT2D eigenvalue weighted by molar-refractivity contribution is 0.113. The first-order valence-electron chi connectivity index (χ1n) is 9.88. The summed E-state index contributed by atoms with van der Waals surface area (Å²) in [4.78, 5) is 10.5. The highest BCUT2D eigenvalue weighted by Crippen LogP contribution is 2.45. The molecule has 0 radical (unpaired) electrons. The van der Waals surface area contributed by atoms with Crippen LogP contribution < -0.4 is 14.2 Å². The second-order valence-electron chi connectivity index (χ2n) is 7.08. The molecule has 0 amide bonds. The van der Waals surface area contributed by atoms with Crippen LogP contribution in [0.15, 0.2) is 18.5 Å². The van der Waals surface area contributed by atoms with E-state index in [0.29, 0.717) is 22.2 Å². The van der Waals surface area contributed by atoms with E-state index in [1.165, 1.54) is 22.2 Å². The molecule has 1 aliphatic heterocycles. The Morgan fingerprint density at radius 2 is 1.73 bits per heavy atom. The molecule has 9 nitrogen and oxygen atoms in total. The summed E-state index contributed by atoms with van der Waals surface area (Å²) >= 11 is 1.44. The summed E-state index contributed by atoms with van der Waals surface area (Å²) in [5.74, 6) is 1.83. The zero-order valence-electron chi connectivity index (χ0n) is 17.7. The molecular weight excluding hydrogens is 406 g/mol. The van der Waals surface area contributed by atoms with E-state index in [4.69, 9.17) is 14.2 Å². The minimum Gasteiger partial charge on any atom is -0.493 e. The van der Waals surface area contributed by atoms with Gasteiger partial charge in [0, 0.05) is 26.2 Å². The van der Waals surface area contributed by atoms with Crippen LogP contribution in [0.2, 0.25) is 0 Å². The molecule has 2 aromatic heterocycles. The molecule has 0 saturated carbocycles. The fraction of sp³-hybridized carbons (Fsp3) is 0.500. The van der Waals surface area contributed by atoms with Crippen molar-refractivity contribution in [3.05, 3.63) is 28.9 Å². The highest BCUT2D eigenvalue weighted by atomic mass is 32.1. The third-order valence-electron chi connectivity index (χ3n) is 5.61. The van der Waals surface area contributed by atoms with Crippen molar-refractivity contribution in [2.75, 3.05) is 54.1 Å². The lowest BCUT2D eigenvalue weighted by atomic mass is 10.0. The van der Waals surface area contributed by atoms with Crippen molar-refractivity contribution in [2.45, 2.75) is 13.0 Å². The summed E-state index contributed by atoms with van der Waals surface area (Å²) in [7, 11) is 4.81. The van der Waals surface area contributed by atoms with Crippen molar-refractivity contribution < 1.29 is 19.3 Å². The quantitative estimate of drug-likeness (QED) is 0.607. The van der Waals surface area contributed by atoms with Gasteiger partial charge in [-0.05, 0) is 24.2 Å². The summed E-state index contributed by atoms with van der Waals surface area (Å²) in [5, 5.41) is 15.1. The first kappa shape index (κ1) is 20.7. The van der Waals surface area contributed by atoms with Crippen LogP contribution in [0.1, 0.15) is 23.4 Å². The molecule has 1 atom stereocenters. The molecular formula is C20H27N5O4S. The average molecular weight is 434 g/mol. The number of nitrogens with zero attached hydrogens (tertiary/aromatic N) is 5. The molecule has 1 N–H and O–H groups in total. The maximum Gasteiger partial charge on any atom is 0.230 e. The summed E-state index contributed by atoms with van der Waals surface area (Å²) in [6.07, 6.45) is 1.45. The first-order chi connectivity index (χ1) is 14.6. The average Bonchev–Trinajstić information content (AvgIpc) is 3.37. The monoisotopic (exact) mass is 433 g/mol. The van der Waals surface area contributed by atoms with Gasteiger partial charge < -0.3 is 24.2 Å². The summed E-state index contributed by atoms with van der Waals surface area (Å²) < 4.78 is 18.1. The zero-order valence-corrected chi connectivity index (χ0v) is 18.5. The van der Waals surface area contributed by atoms with Gasteiger partial charge in [0.15, 0.2) is 11.5 Å². The Kier molecular flexibility index (Phi) is 5.98. The molecule has 1 aliphatic rings. The lowest BCUT2D eigenvalue weighted by Gasteiger charge is -2.39. The number of ether oxygens (including phenoxy) is 3. The predicted molar refractivity (Wildman–Crippen MR) is 114 cm³/mol. The zero-order chi connectivity index (χ0) is 21.3. The van der Waals surface area contributed by atoms with E-state index in [1.54, 1.807) is 21.3 Å². The number of thiazole rings is 1. The molecule has 1 unspecified atom stereocenters. The largest absolute Gasteiger partial charge is 0.493 e. The van der Waals surface area contributed by atoms with Crippen LogP contribution >= 0.6 is 11.3 Å². The van der Waals surface area contributed by atoms with Gasteiger partial charge in [-0.25, -0.2) is 4.98 Å². The van der Waals surface area contributed by atoms with Crippen LogP contribution in [0.3, 0.4) is 0 Å². The van der Waals surface area contributed by atoms with Crippen LogP contribution in [0.25, 0.3) is 4.96 Å². The number of aromatic nitrogens is 3. The number of rotatable bonds is 7. The summed E-state index contributed by atoms with van der Waals surface area (Å²) in [6.45, 7) is 6.91. The van der Waals surface area contributed by atoms with Gasteiger partial charge in [-0.3, -0.25) is 4.90 Å². The molecule has 1 fully saturated rings. The Hall–Kier alpha value is -2.56. The topological polar surface area (TPSA) is 84.6 Å². The van der Waals surface area contributed by atoms with Gasteiger partial charge in [0.1, 0.15) is 6.33 Å². The van der Waals surface area contributed by atoms with Gasteiger partial charge in [0.25, 0.3) is 0 Å². The molecule has 3 heterocycles. The number of hydrogen-bond donors (Lipinski definition) is 1. The normalized spacial score (nSPS) is 16.7. The number of benzene rings is 1. The molecule has 0 bridgehead atoms. The SMILES string of the molecule is CCN1CCN(C(c2cc(OC)c(OC)c(OC)c2)c2sc3ncnn3c2O)CC1. The van der Waals surface area contributed by atoms with Crippen molar-refractivity contribution in [2.24, 2.45) is 0 Å². The van der Waals surface area contributed by atoms with Crippen LogP contribution in [0.5, 0.6) is 23.1 Å². The Balaban J connectivity index is 1.83. The van der Waals surface area contributed by atoms with Crippen molar-refractivity contribution in [3.8, 4) is 23.1 Å². The number of fused-ring (bicyclic) bond motifs is 1. The van der Waals surface area contributed by atoms with Gasteiger partial charge in [0.05, 0.1) is 32.2 Å². The van der Waals surface area contributed by atoms with Gasteiger partial charge >= 0.3 is 0 Å². The molecule has 4 rings (SSSR count). The number of piperazine rings is 1. The van der Waals surface area contributed by atoms with Crippen molar-refractivity contribution >= 4 is 16.3 Å². The Morgan fingerprint density at radius 1 is 1.07 bits per heavy atom. The maximum atomic E-state index is 10.9. The summed E-state index contributed by atoms with van der Waals surface area (Å²) in [5.41, 5.74) is 0.953. The van der Waals surface area contributed by atoms with Crippen molar-refractivity contribution in [3.63, 3.8) is 0 Å². The van der Waals surface area contributed by atoms with Gasteiger partial charge in [0.2, 0.25) is 16.6 Å². The van der Waals surface area contributed by atoms with Crippen LogP contribution in [0, 0.1) is 0 Å². The third kappa shape index (κ3) is 3.55. The van der Waals surface area contributed by atoms with E-state index in [0.717, 1.165) is 43.2 Å². The van der Waals surface area contributed by atoms with E-state index in [-0.39, 0.29) is 11.9 Å². The number of methoxy groups -OCH3 is 3. The van der Waals surface area contributed by atoms with E-state index in [9.17, 15) is 5.11 Å². The van der Waals surface area contributed by atoms with Crippen molar-refractivity contribution in [1.82, 2.24) is 24.4 Å². The third-order valence-corrected chi connectivity index (χ3v) is 6.70. The molecule has 1 saturated heterocycles. The highest BCUT2D eigenvalue weighted by Gasteiger charge is 2.32. The fourth-order valence-electron chi connectivity index (χ4n) is 4.00. The van der Waals surface area contributed by atoms with Gasteiger partial charge in [-0.1, -0.05) is 18.3 Å². The minimum absolute atomic E-state index is 0.115. The second-order valence-corrected chi connectivity index (χ2v) is 8.08. The fourth-order valence-corrected chi connectivity index (χ4v) is 5.09. The molecule has 30 heavy (non-hydrogen) atoms. The van der Waals surface area contributed by atoms with E-state index < -0.39 is 0 Å². The number of aromatic hydroxyl groups is 1. The molecule has 1 aromatic carbocycles. The predicted octanol–water partition coefficient (Wildman–Crippen LogP) is 2.25. The summed E-state index contributed by atoms with van der Waals surface area (Å²) in [6, 6.07) is 3.72. The number of hydrogen-bond acceptors (Lipinski definition) is 9. The van der Waals surface area contributed by atoms with Crippen LogP contribution in [0.4, 0.5) is 0 Å². The van der Waals surface area contributed by atoms with Crippen LogP contribution in [-0.4, -0.2) is 83.6 Å². The van der Waals surface area contributed by atoms with Gasteiger partial charge in [-0.2, -0.15) is 9.61 Å². The Bertz CT molecular complexity index is 987. The standard InChI is InChI=1S/C20H27N5O4S/c1-5-23-6-8-24(9-7-23)16(18-19(26)25-20(30-18)21-12-22-25)13-10-14(27-2)17(29-4)15(11-13)28-3/h10-12,16,26H,5-9H2,1-4H3. The lowest BCUT2D eigenvalue weighted by Crippen LogP contribution is -2.47. The molecule has 10 heteroatoms. The molecule has 0 spiro atoms. The van der Waals surface area contributed by atoms with Gasteiger partial charge in [-0.15, -0.1) is 0 Å². The first-order valence-corrected chi connectivity index (χ1v) is 10.7. The molecule has 0 aliphatic carbocycles. The van der Waals surface area contributed by atoms with Crippen LogP contribution in [-0.2, 0) is 0 Å². The van der Waals surface area contributed by atoms with Crippen molar-refractivity contribution in [1.29, 1.82) is 0 Å². The van der Waals surface area contributed by atoms with E-state index in [2.05, 4.69) is 26.8 Å². The Morgan fingerprint density at radius 3 is 2.27 bits per heavy atom.